The molecule has 0 fully saturated rings. The summed E-state index contributed by atoms with van der Waals surface area (Å²) in [6.45, 7) is 9.43. The molecule has 0 radical (unpaired) electrons. The van der Waals surface area contributed by atoms with Crippen LogP contribution >= 0.6 is 0 Å². The van der Waals surface area contributed by atoms with Crippen molar-refractivity contribution in [3.05, 3.63) is 143 Å². The molecular weight excluding hydrogens is 436 g/mol. The van der Waals surface area contributed by atoms with E-state index in [0.29, 0.717) is 0 Å². The molecule has 0 unspecified atom stereocenters. The van der Waals surface area contributed by atoms with Crippen molar-refractivity contribution in [3.63, 3.8) is 0 Å². The lowest BCUT2D eigenvalue weighted by atomic mass is 9.88. The third-order valence-electron chi connectivity index (χ3n) is 7.87. The molecule has 0 bridgehead atoms. The van der Waals surface area contributed by atoms with E-state index in [4.69, 9.17) is 0 Å². The van der Waals surface area contributed by atoms with Crippen molar-refractivity contribution >= 4 is 29.6 Å². The molecule has 174 valence electrons. The Bertz CT molecular complexity index is 1300. The zero-order valence-electron chi connectivity index (χ0n) is 21.3. The van der Waals surface area contributed by atoms with Gasteiger partial charge in [0.15, 0.2) is 0 Å². The van der Waals surface area contributed by atoms with Gasteiger partial charge < -0.3 is 0 Å². The second-order valence-electron chi connectivity index (χ2n) is 9.65. The first-order chi connectivity index (χ1) is 17.1. The molecule has 5 rings (SSSR count). The molecule has 4 aromatic carbocycles. The highest BCUT2D eigenvalue weighted by Crippen LogP contribution is 2.58. The van der Waals surface area contributed by atoms with Crippen LogP contribution in [0.3, 0.4) is 0 Å². The number of rotatable bonds is 6. The summed E-state index contributed by atoms with van der Waals surface area (Å²) in [7, 11) is -2.12. The highest BCUT2D eigenvalue weighted by Gasteiger charge is 2.48. The van der Waals surface area contributed by atoms with E-state index in [1.807, 2.05) is 0 Å². The third-order valence-corrected chi connectivity index (χ3v) is 13.2. The Morgan fingerprint density at radius 3 is 1.14 bits per heavy atom. The molecule has 0 amide bonds. The molecule has 0 atom stereocenters. The molecule has 0 spiro atoms. The van der Waals surface area contributed by atoms with Crippen LogP contribution in [-0.2, 0) is 0 Å². The first-order valence-corrected chi connectivity index (χ1v) is 15.3. The Morgan fingerprint density at radius 1 is 0.457 bits per heavy atom. The molecule has 0 saturated heterocycles. The minimum Gasteiger partial charge on any atom is -0.0672 e. The number of hydrogen-bond donors (Lipinski definition) is 0. The lowest BCUT2D eigenvalue weighted by Gasteiger charge is -2.34. The monoisotopic (exact) mass is 470 g/mol. The molecule has 0 N–H and O–H groups in total. The molecule has 4 aromatic rings. The number of hydrogen-bond acceptors (Lipinski definition) is 0. The van der Waals surface area contributed by atoms with E-state index < -0.39 is 8.07 Å². The molecular formula is C34H34Si. The van der Waals surface area contributed by atoms with Crippen LogP contribution in [0.15, 0.2) is 109 Å². The average Bonchev–Trinajstić information content (AvgIpc) is 3.21. The molecule has 0 aromatic heterocycles. The predicted molar refractivity (Wildman–Crippen MR) is 156 cm³/mol. The van der Waals surface area contributed by atoms with Crippen LogP contribution < -0.4 is 0 Å². The molecule has 1 heteroatoms. The maximum Gasteiger partial charge on any atom is 0.120 e. The Morgan fingerprint density at radius 2 is 0.800 bits per heavy atom. The van der Waals surface area contributed by atoms with Crippen molar-refractivity contribution in [2.45, 2.75) is 39.8 Å². The summed E-state index contributed by atoms with van der Waals surface area (Å²) in [5.41, 5.74) is 11.1. The molecule has 0 nitrogen and oxygen atoms in total. The second-order valence-corrected chi connectivity index (χ2v) is 14.2. The lowest BCUT2D eigenvalue weighted by Crippen LogP contribution is -2.35. The van der Waals surface area contributed by atoms with E-state index in [2.05, 4.69) is 137 Å². The van der Waals surface area contributed by atoms with E-state index in [-0.39, 0.29) is 0 Å². The third kappa shape index (κ3) is 3.85. The first-order valence-electron chi connectivity index (χ1n) is 12.8. The van der Waals surface area contributed by atoms with Crippen molar-refractivity contribution in [1.29, 1.82) is 0 Å². The van der Waals surface area contributed by atoms with Crippen LogP contribution in [0.1, 0.15) is 47.2 Å². The van der Waals surface area contributed by atoms with Crippen LogP contribution in [0.5, 0.6) is 0 Å². The molecule has 1 aliphatic rings. The molecule has 1 heterocycles. The fourth-order valence-corrected chi connectivity index (χ4v) is 11.3. The van der Waals surface area contributed by atoms with E-state index >= 15 is 0 Å². The molecule has 1 aliphatic heterocycles. The Balaban J connectivity index is 2.01. The van der Waals surface area contributed by atoms with Gasteiger partial charge in [-0.25, -0.2) is 0 Å². The highest BCUT2D eigenvalue weighted by atomic mass is 28.3. The van der Waals surface area contributed by atoms with Gasteiger partial charge in [0.05, 0.1) is 0 Å². The fraction of sp³-hybridized carbons (Fsp3) is 0.176. The van der Waals surface area contributed by atoms with Gasteiger partial charge in [0, 0.05) is 0 Å². The molecule has 0 saturated carbocycles. The lowest BCUT2D eigenvalue weighted by molar-refractivity contribution is 1.29. The Hall–Kier alpha value is -3.42. The summed E-state index contributed by atoms with van der Waals surface area (Å²) in [5.74, 6) is 0. The second kappa shape index (κ2) is 9.68. The van der Waals surface area contributed by atoms with Crippen LogP contribution in [0.4, 0.5) is 0 Å². The summed E-state index contributed by atoms with van der Waals surface area (Å²) >= 11 is 0. The van der Waals surface area contributed by atoms with E-state index in [1.165, 1.54) is 56.6 Å². The van der Waals surface area contributed by atoms with E-state index in [9.17, 15) is 0 Å². The van der Waals surface area contributed by atoms with Crippen LogP contribution in [0, 0.1) is 13.8 Å². The largest absolute Gasteiger partial charge is 0.120 e. The first kappa shape index (κ1) is 23.3. The summed E-state index contributed by atoms with van der Waals surface area (Å²) in [4.78, 5) is 0. The van der Waals surface area contributed by atoms with Gasteiger partial charge in [0.25, 0.3) is 0 Å². The summed E-state index contributed by atoms with van der Waals surface area (Å²) < 4.78 is 0. The van der Waals surface area contributed by atoms with Crippen LogP contribution in [-0.4, -0.2) is 8.07 Å². The Labute approximate surface area is 211 Å². The maximum atomic E-state index is 2.43. The summed E-state index contributed by atoms with van der Waals surface area (Å²) in [6, 6.07) is 42.7. The van der Waals surface area contributed by atoms with Crippen molar-refractivity contribution in [3.8, 4) is 0 Å². The van der Waals surface area contributed by atoms with Gasteiger partial charge in [0.1, 0.15) is 8.07 Å². The Kier molecular flexibility index (Phi) is 6.45. The van der Waals surface area contributed by atoms with E-state index in [0.717, 1.165) is 0 Å². The summed E-state index contributed by atoms with van der Waals surface area (Å²) in [6.07, 6.45) is 0. The SMILES string of the molecule is CC[Si]1(CC)C(c2ccccc2C)=C(c2ccccc2)C(c2ccccc2)=C1c1ccccc1C. The predicted octanol–water partition coefficient (Wildman–Crippen LogP) is 9.41. The average molecular weight is 471 g/mol. The fourth-order valence-electron chi connectivity index (χ4n) is 6.09. The number of allylic oxidation sites excluding steroid dienone is 2. The standard InChI is InChI=1S/C34H34Si/c1-5-35(6-2)33(29-23-15-13-17-25(29)3)31(27-19-9-7-10-20-27)32(28-21-11-8-12-22-28)34(35)30-24-16-14-18-26(30)4/h7-24H,5-6H2,1-4H3. The van der Waals surface area contributed by atoms with Gasteiger partial charge in [0.2, 0.25) is 0 Å². The maximum absolute atomic E-state index is 2.43. The summed E-state index contributed by atoms with van der Waals surface area (Å²) in [5, 5.41) is 3.23. The van der Waals surface area contributed by atoms with Gasteiger partial charge in [-0.2, -0.15) is 0 Å². The van der Waals surface area contributed by atoms with Crippen molar-refractivity contribution in [1.82, 2.24) is 0 Å². The molecule has 0 aliphatic carbocycles. The quantitative estimate of drug-likeness (QED) is 0.246. The minimum atomic E-state index is -2.12. The smallest absolute Gasteiger partial charge is 0.0672 e. The van der Waals surface area contributed by atoms with E-state index in [1.54, 1.807) is 10.4 Å². The van der Waals surface area contributed by atoms with Crippen molar-refractivity contribution in [2.24, 2.45) is 0 Å². The van der Waals surface area contributed by atoms with Gasteiger partial charge in [-0.15, -0.1) is 0 Å². The topological polar surface area (TPSA) is 0 Å². The minimum absolute atomic E-state index is 1.18. The zero-order chi connectivity index (χ0) is 24.4. The van der Waals surface area contributed by atoms with Crippen LogP contribution in [0.2, 0.25) is 12.1 Å². The van der Waals surface area contributed by atoms with Gasteiger partial charge in [-0.05, 0) is 68.8 Å². The normalized spacial score (nSPS) is 15.1. The van der Waals surface area contributed by atoms with Gasteiger partial charge >= 0.3 is 0 Å². The van der Waals surface area contributed by atoms with Crippen molar-refractivity contribution in [2.75, 3.05) is 0 Å². The number of aryl methyl sites for hydroxylation is 2. The van der Waals surface area contributed by atoms with Crippen molar-refractivity contribution < 1.29 is 0 Å². The van der Waals surface area contributed by atoms with Crippen LogP contribution in [0.25, 0.3) is 21.5 Å². The van der Waals surface area contributed by atoms with Gasteiger partial charge in [-0.1, -0.05) is 135 Å². The molecule has 35 heavy (non-hydrogen) atoms. The highest BCUT2D eigenvalue weighted by molar-refractivity contribution is 7.14. The zero-order valence-corrected chi connectivity index (χ0v) is 22.3. The van der Waals surface area contributed by atoms with Gasteiger partial charge in [-0.3, -0.25) is 0 Å². The number of benzene rings is 4.